The number of carbonyl (C=O) groups is 2. The largest absolute Gasteiger partial charge is 0.469 e. The van der Waals surface area contributed by atoms with E-state index in [2.05, 4.69) is 10.6 Å². The molecular formula is C14H27ClN2O3. The van der Waals surface area contributed by atoms with Crippen molar-refractivity contribution in [2.45, 2.75) is 39.5 Å². The highest BCUT2D eigenvalue weighted by Gasteiger charge is 2.29. The van der Waals surface area contributed by atoms with E-state index in [1.165, 1.54) is 7.11 Å². The lowest BCUT2D eigenvalue weighted by molar-refractivity contribution is -0.150. The third kappa shape index (κ3) is 6.57. The molecule has 0 radical (unpaired) electrons. The highest BCUT2D eigenvalue weighted by Crippen LogP contribution is 2.18. The molecule has 0 aromatic heterocycles. The van der Waals surface area contributed by atoms with Crippen LogP contribution in [0.4, 0.5) is 0 Å². The summed E-state index contributed by atoms with van der Waals surface area (Å²) in [6, 6.07) is 0. The van der Waals surface area contributed by atoms with E-state index in [9.17, 15) is 9.59 Å². The van der Waals surface area contributed by atoms with E-state index in [1.54, 1.807) is 13.8 Å². The van der Waals surface area contributed by atoms with Gasteiger partial charge in [-0.15, -0.1) is 12.4 Å². The van der Waals surface area contributed by atoms with Gasteiger partial charge in [0.25, 0.3) is 0 Å². The van der Waals surface area contributed by atoms with E-state index in [4.69, 9.17) is 4.74 Å². The van der Waals surface area contributed by atoms with Gasteiger partial charge in [0.05, 0.1) is 12.5 Å². The van der Waals surface area contributed by atoms with E-state index in [-0.39, 0.29) is 24.3 Å². The molecule has 1 aliphatic heterocycles. The Bertz CT molecular complexity index is 316. The third-order valence-electron chi connectivity index (χ3n) is 3.70. The summed E-state index contributed by atoms with van der Waals surface area (Å²) in [6.07, 6.45) is 3.79. The zero-order valence-electron chi connectivity index (χ0n) is 12.7. The average molecular weight is 307 g/mol. The molecule has 0 saturated carbocycles. The molecule has 0 aliphatic carbocycles. The molecule has 0 atom stereocenters. The second kappa shape index (κ2) is 9.19. The Morgan fingerprint density at radius 3 is 2.45 bits per heavy atom. The van der Waals surface area contributed by atoms with Crippen molar-refractivity contribution < 1.29 is 14.3 Å². The quantitative estimate of drug-likeness (QED) is 0.730. The van der Waals surface area contributed by atoms with Crippen LogP contribution in [-0.4, -0.2) is 38.6 Å². The van der Waals surface area contributed by atoms with Gasteiger partial charge in [0.15, 0.2) is 0 Å². The summed E-state index contributed by atoms with van der Waals surface area (Å²) in [6.45, 7) is 5.98. The number of nitrogens with one attached hydrogen (secondary N) is 2. The number of amides is 1. The number of esters is 1. The Hall–Kier alpha value is -0.810. The number of methoxy groups -OCH3 is 1. The summed E-state index contributed by atoms with van der Waals surface area (Å²) in [4.78, 5) is 23.2. The van der Waals surface area contributed by atoms with Crippen LogP contribution in [0.25, 0.3) is 0 Å². The molecule has 1 rings (SSSR count). The predicted octanol–water partition coefficient (Wildman–Crippen LogP) is 1.50. The number of hydrogen-bond donors (Lipinski definition) is 2. The molecule has 2 N–H and O–H groups in total. The smallest absolute Gasteiger partial charge is 0.313 e. The fraction of sp³-hybridized carbons (Fsp3) is 0.857. The van der Waals surface area contributed by atoms with Crippen molar-refractivity contribution in [3.8, 4) is 0 Å². The lowest BCUT2D eigenvalue weighted by atomic mass is 9.92. The number of piperidine rings is 1. The lowest BCUT2D eigenvalue weighted by Gasteiger charge is -2.23. The standard InChI is InChI=1S/C14H26N2O3.ClH/c1-14(2,13(18)19-3)10-16-12(17)5-4-11-6-8-15-9-7-11;/h11,15H,4-10H2,1-3H3,(H,16,17);1H. The number of hydrogen-bond acceptors (Lipinski definition) is 4. The van der Waals surface area contributed by atoms with E-state index >= 15 is 0 Å². The number of carbonyl (C=O) groups excluding carboxylic acids is 2. The van der Waals surface area contributed by atoms with Gasteiger partial charge in [0.2, 0.25) is 5.91 Å². The minimum absolute atomic E-state index is 0. The molecule has 1 saturated heterocycles. The van der Waals surface area contributed by atoms with Crippen molar-refractivity contribution in [3.05, 3.63) is 0 Å². The van der Waals surface area contributed by atoms with Crippen LogP contribution in [0, 0.1) is 11.3 Å². The number of halogens is 1. The van der Waals surface area contributed by atoms with Gasteiger partial charge in [0.1, 0.15) is 0 Å². The first-order valence-electron chi connectivity index (χ1n) is 7.01. The molecule has 1 fully saturated rings. The highest BCUT2D eigenvalue weighted by atomic mass is 35.5. The van der Waals surface area contributed by atoms with Crippen LogP contribution < -0.4 is 10.6 Å². The second-order valence-corrected chi connectivity index (χ2v) is 5.88. The van der Waals surface area contributed by atoms with Crippen molar-refractivity contribution in [1.29, 1.82) is 0 Å². The van der Waals surface area contributed by atoms with Gasteiger partial charge in [-0.25, -0.2) is 0 Å². The molecule has 0 unspecified atom stereocenters. The van der Waals surface area contributed by atoms with Gasteiger partial charge in [0, 0.05) is 13.0 Å². The molecule has 1 heterocycles. The van der Waals surface area contributed by atoms with Gasteiger partial charge in [-0.05, 0) is 52.1 Å². The topological polar surface area (TPSA) is 67.4 Å². The van der Waals surface area contributed by atoms with Crippen LogP contribution in [0.2, 0.25) is 0 Å². The average Bonchev–Trinajstić information content (AvgIpc) is 2.43. The molecule has 1 amide bonds. The summed E-state index contributed by atoms with van der Waals surface area (Å²) in [7, 11) is 1.36. The van der Waals surface area contributed by atoms with Crippen molar-refractivity contribution in [3.63, 3.8) is 0 Å². The molecule has 6 heteroatoms. The molecule has 1 aliphatic rings. The predicted molar refractivity (Wildman–Crippen MR) is 80.9 cm³/mol. The molecule has 118 valence electrons. The maximum atomic E-state index is 11.8. The van der Waals surface area contributed by atoms with Crippen LogP contribution in [0.3, 0.4) is 0 Å². The Morgan fingerprint density at radius 1 is 1.30 bits per heavy atom. The van der Waals surface area contributed by atoms with Gasteiger partial charge >= 0.3 is 5.97 Å². The highest BCUT2D eigenvalue weighted by molar-refractivity contribution is 5.85. The molecule has 0 aromatic rings. The Labute approximate surface area is 127 Å². The Morgan fingerprint density at radius 2 is 1.90 bits per heavy atom. The summed E-state index contributed by atoms with van der Waals surface area (Å²) < 4.78 is 4.71. The minimum atomic E-state index is -0.667. The Balaban J connectivity index is 0.00000361. The minimum Gasteiger partial charge on any atom is -0.469 e. The van der Waals surface area contributed by atoms with Crippen LogP contribution >= 0.6 is 12.4 Å². The van der Waals surface area contributed by atoms with E-state index in [1.807, 2.05) is 0 Å². The van der Waals surface area contributed by atoms with Crippen molar-refractivity contribution in [2.75, 3.05) is 26.7 Å². The number of ether oxygens (including phenoxy) is 1. The molecule has 20 heavy (non-hydrogen) atoms. The Kier molecular flexibility index (Phi) is 8.81. The van der Waals surface area contributed by atoms with Crippen LogP contribution in [0.5, 0.6) is 0 Å². The fourth-order valence-electron chi connectivity index (χ4n) is 2.26. The van der Waals surface area contributed by atoms with Gasteiger partial charge in [-0.2, -0.15) is 0 Å². The zero-order valence-corrected chi connectivity index (χ0v) is 13.5. The first kappa shape index (κ1) is 19.2. The SMILES string of the molecule is COC(=O)C(C)(C)CNC(=O)CCC1CCNCC1.Cl. The van der Waals surface area contributed by atoms with Crippen molar-refractivity contribution >= 4 is 24.3 Å². The molecule has 0 spiro atoms. The van der Waals surface area contributed by atoms with Gasteiger partial charge in [-0.3, -0.25) is 9.59 Å². The van der Waals surface area contributed by atoms with Crippen LogP contribution in [0.1, 0.15) is 39.5 Å². The first-order chi connectivity index (χ1) is 8.95. The molecular weight excluding hydrogens is 280 g/mol. The summed E-state index contributed by atoms with van der Waals surface area (Å²) in [5.41, 5.74) is -0.667. The second-order valence-electron chi connectivity index (χ2n) is 5.88. The third-order valence-corrected chi connectivity index (χ3v) is 3.70. The van der Waals surface area contributed by atoms with Crippen molar-refractivity contribution in [2.24, 2.45) is 11.3 Å². The zero-order chi connectivity index (χ0) is 14.3. The molecule has 0 aromatic carbocycles. The summed E-state index contributed by atoms with van der Waals surface area (Å²) in [5.74, 6) is 0.377. The lowest BCUT2D eigenvalue weighted by Crippen LogP contribution is -2.39. The first-order valence-corrected chi connectivity index (χ1v) is 7.01. The molecule has 0 bridgehead atoms. The van der Waals surface area contributed by atoms with E-state index in [0.29, 0.717) is 18.9 Å². The van der Waals surface area contributed by atoms with Crippen molar-refractivity contribution in [1.82, 2.24) is 10.6 Å². The number of rotatable bonds is 6. The van der Waals surface area contributed by atoms with Crippen LogP contribution in [0.15, 0.2) is 0 Å². The van der Waals surface area contributed by atoms with Gasteiger partial charge in [-0.1, -0.05) is 0 Å². The normalized spacial score (nSPS) is 16.1. The summed E-state index contributed by atoms with van der Waals surface area (Å²) >= 11 is 0. The fourth-order valence-corrected chi connectivity index (χ4v) is 2.26. The maximum absolute atomic E-state index is 11.8. The van der Waals surface area contributed by atoms with E-state index < -0.39 is 5.41 Å². The van der Waals surface area contributed by atoms with Crippen LogP contribution in [-0.2, 0) is 14.3 Å². The monoisotopic (exact) mass is 306 g/mol. The van der Waals surface area contributed by atoms with Gasteiger partial charge < -0.3 is 15.4 Å². The maximum Gasteiger partial charge on any atom is 0.313 e. The van der Waals surface area contributed by atoms with E-state index in [0.717, 1.165) is 32.4 Å². The summed E-state index contributed by atoms with van der Waals surface area (Å²) in [5, 5.41) is 6.14. The molecule has 5 nitrogen and oxygen atoms in total.